The minimum absolute atomic E-state index is 0. The predicted octanol–water partition coefficient (Wildman–Crippen LogP) is 9.68. The van der Waals surface area contributed by atoms with E-state index in [9.17, 15) is 9.59 Å². The number of rotatable bonds is 38. The minimum Gasteiger partial charge on any atom is -1.00 e. The van der Waals surface area contributed by atoms with Crippen molar-refractivity contribution in [2.45, 2.75) is 219 Å². The Morgan fingerprint density at radius 2 is 0.542 bits per heavy atom. The van der Waals surface area contributed by atoms with Gasteiger partial charge in [0.1, 0.15) is 0 Å². The summed E-state index contributed by atoms with van der Waals surface area (Å²) in [4.78, 5) is 24.7. The van der Waals surface area contributed by atoms with Crippen LogP contribution < -0.4 is 12.4 Å². The Morgan fingerprint density at radius 1 is 0.354 bits per heavy atom. The van der Waals surface area contributed by atoms with Crippen LogP contribution in [0.2, 0.25) is 0 Å². The zero-order valence-electron chi connectivity index (χ0n) is 32.9. The second-order valence-electron chi connectivity index (χ2n) is 15.3. The normalized spacial score (nSPS) is 11.4. The summed E-state index contributed by atoms with van der Waals surface area (Å²) < 4.78 is 11.2. The number of nitrogens with zero attached hydrogens (tertiary/aromatic N) is 1. The summed E-state index contributed by atoms with van der Waals surface area (Å²) in [6.45, 7) is 5.94. The Kier molecular flexibility index (Phi) is 40.0. The van der Waals surface area contributed by atoms with Gasteiger partial charge in [0, 0.05) is 0 Å². The second-order valence-corrected chi connectivity index (χ2v) is 15.3. The van der Waals surface area contributed by atoms with Crippen molar-refractivity contribution in [3.05, 3.63) is 0 Å². The highest BCUT2D eigenvalue weighted by Crippen LogP contribution is 2.15. The third-order valence-corrected chi connectivity index (χ3v) is 9.64. The number of esters is 2. The van der Waals surface area contributed by atoms with Gasteiger partial charge in [-0.1, -0.05) is 206 Å². The third kappa shape index (κ3) is 39.6. The summed E-state index contributed by atoms with van der Waals surface area (Å²) in [5.74, 6) is -0.442. The molecule has 0 aromatic carbocycles. The van der Waals surface area contributed by atoms with Gasteiger partial charge in [0.25, 0.3) is 0 Å². The Labute approximate surface area is 306 Å². The molecule has 0 saturated carbocycles. The quantitative estimate of drug-likeness (QED) is 0.0366. The molecule has 0 aliphatic heterocycles. The lowest BCUT2D eigenvalue weighted by atomic mass is 10.0. The number of halogens is 1. The standard InChI is InChI=1S/C42H84NO4.ClH/c1-5-7-9-11-13-15-17-19-21-23-25-27-29-31-33-35-37-46-41(44)39-43(3,4)40-42(45)47-38-36-34-32-30-28-26-24-22-20-18-16-14-12-10-8-6-2;/h5-40H2,1-4H3;1H/q+1;/p-1. The van der Waals surface area contributed by atoms with Crippen molar-refractivity contribution in [3.8, 4) is 0 Å². The van der Waals surface area contributed by atoms with Crippen molar-refractivity contribution in [1.29, 1.82) is 0 Å². The fourth-order valence-electron chi connectivity index (χ4n) is 6.52. The highest BCUT2D eigenvalue weighted by molar-refractivity contribution is 5.73. The van der Waals surface area contributed by atoms with E-state index in [1.54, 1.807) is 0 Å². The highest BCUT2D eigenvalue weighted by atomic mass is 35.5. The molecule has 0 N–H and O–H groups in total. The summed E-state index contributed by atoms with van der Waals surface area (Å²) in [6, 6.07) is 0. The van der Waals surface area contributed by atoms with Crippen LogP contribution in [-0.2, 0) is 19.1 Å². The van der Waals surface area contributed by atoms with E-state index in [1.807, 2.05) is 14.1 Å². The molecule has 0 amide bonds. The number of likely N-dealkylation sites (N-methyl/N-ethyl adjacent to an activating group) is 1. The lowest BCUT2D eigenvalue weighted by Crippen LogP contribution is -3.00. The number of carbonyl (C=O) groups is 2. The molecule has 0 fully saturated rings. The first-order chi connectivity index (χ1) is 22.9. The van der Waals surface area contributed by atoms with Gasteiger partial charge in [-0.25, -0.2) is 9.59 Å². The van der Waals surface area contributed by atoms with E-state index in [1.165, 1.54) is 180 Å². The largest absolute Gasteiger partial charge is 1.00 e. The molecule has 0 radical (unpaired) electrons. The molecule has 0 saturated heterocycles. The average molecular weight is 703 g/mol. The molecular formula is C42H84ClNO4. The molecule has 0 spiro atoms. The molecule has 0 aromatic rings. The molecule has 0 rings (SSSR count). The third-order valence-electron chi connectivity index (χ3n) is 9.64. The predicted molar refractivity (Wildman–Crippen MR) is 203 cm³/mol. The fraction of sp³-hybridized carbons (Fsp3) is 0.952. The zero-order valence-corrected chi connectivity index (χ0v) is 33.7. The van der Waals surface area contributed by atoms with Crippen molar-refractivity contribution in [3.63, 3.8) is 0 Å². The Balaban J connectivity index is 0. The molecule has 0 bridgehead atoms. The van der Waals surface area contributed by atoms with E-state index in [2.05, 4.69) is 13.8 Å². The average Bonchev–Trinajstić information content (AvgIpc) is 3.03. The van der Waals surface area contributed by atoms with Gasteiger partial charge in [0.2, 0.25) is 0 Å². The van der Waals surface area contributed by atoms with Crippen LogP contribution >= 0.6 is 0 Å². The van der Waals surface area contributed by atoms with Gasteiger partial charge in [-0.3, -0.25) is 0 Å². The topological polar surface area (TPSA) is 52.6 Å². The molecule has 0 aliphatic rings. The van der Waals surface area contributed by atoms with Gasteiger partial charge < -0.3 is 26.4 Å². The van der Waals surface area contributed by atoms with Crippen LogP contribution in [0.1, 0.15) is 219 Å². The van der Waals surface area contributed by atoms with Crippen LogP contribution in [-0.4, -0.2) is 56.8 Å². The zero-order chi connectivity index (χ0) is 34.5. The lowest BCUT2D eigenvalue weighted by molar-refractivity contribution is -0.875. The van der Waals surface area contributed by atoms with Gasteiger partial charge >= 0.3 is 11.9 Å². The SMILES string of the molecule is CCCCCCCCCCCCCCCCCCOC(=O)C[N+](C)(C)CC(=O)OCCCCCCCCCCCCCCCCCC.[Cl-]. The van der Waals surface area contributed by atoms with Crippen molar-refractivity contribution in [1.82, 2.24) is 0 Å². The Bertz CT molecular complexity index is 618. The molecule has 0 atom stereocenters. The molecule has 6 heteroatoms. The van der Waals surface area contributed by atoms with Gasteiger partial charge in [-0.05, 0) is 12.8 Å². The van der Waals surface area contributed by atoms with E-state index < -0.39 is 0 Å². The molecule has 48 heavy (non-hydrogen) atoms. The number of quaternary nitrogens is 1. The lowest BCUT2D eigenvalue weighted by Gasteiger charge is -2.27. The van der Waals surface area contributed by atoms with Crippen LogP contribution in [0, 0.1) is 0 Å². The van der Waals surface area contributed by atoms with Crippen LogP contribution in [0.3, 0.4) is 0 Å². The Morgan fingerprint density at radius 3 is 0.750 bits per heavy atom. The van der Waals surface area contributed by atoms with Crippen LogP contribution in [0.15, 0.2) is 0 Å². The van der Waals surface area contributed by atoms with E-state index >= 15 is 0 Å². The summed E-state index contributed by atoms with van der Waals surface area (Å²) in [5, 5.41) is 0. The summed E-state index contributed by atoms with van der Waals surface area (Å²) in [5.41, 5.74) is 0. The Hall–Kier alpha value is -0.810. The summed E-state index contributed by atoms with van der Waals surface area (Å²) in [7, 11) is 3.79. The van der Waals surface area contributed by atoms with Crippen LogP contribution in [0.25, 0.3) is 0 Å². The molecule has 0 unspecified atom stereocenters. The molecule has 0 heterocycles. The summed E-state index contributed by atoms with van der Waals surface area (Å²) in [6.07, 6.45) is 42.7. The van der Waals surface area contributed by atoms with Gasteiger partial charge in [0.05, 0.1) is 27.3 Å². The second kappa shape index (κ2) is 39.0. The van der Waals surface area contributed by atoms with Crippen molar-refractivity contribution in [2.24, 2.45) is 0 Å². The number of hydrogen-bond acceptors (Lipinski definition) is 4. The molecule has 0 aromatic heterocycles. The first-order valence-electron chi connectivity index (χ1n) is 21.0. The fourth-order valence-corrected chi connectivity index (χ4v) is 6.52. The minimum atomic E-state index is -0.221. The van der Waals surface area contributed by atoms with E-state index in [-0.39, 0.29) is 41.9 Å². The number of hydrogen-bond donors (Lipinski definition) is 0. The summed E-state index contributed by atoms with van der Waals surface area (Å²) >= 11 is 0. The van der Waals surface area contributed by atoms with Gasteiger partial charge in [-0.2, -0.15) is 0 Å². The number of unbranched alkanes of at least 4 members (excludes halogenated alkanes) is 30. The van der Waals surface area contributed by atoms with Crippen molar-refractivity contribution in [2.75, 3.05) is 40.4 Å². The van der Waals surface area contributed by atoms with Crippen molar-refractivity contribution < 1.29 is 36.0 Å². The van der Waals surface area contributed by atoms with Gasteiger partial charge in [-0.15, -0.1) is 0 Å². The molecule has 0 aliphatic carbocycles. The smallest absolute Gasteiger partial charge is 0.361 e. The molecular weight excluding hydrogens is 618 g/mol. The maximum absolute atomic E-state index is 12.3. The van der Waals surface area contributed by atoms with E-state index in [0.717, 1.165) is 25.7 Å². The maximum atomic E-state index is 12.3. The molecule has 5 nitrogen and oxygen atoms in total. The number of ether oxygens (including phenoxy) is 2. The highest BCUT2D eigenvalue weighted by Gasteiger charge is 2.25. The van der Waals surface area contributed by atoms with E-state index in [0.29, 0.717) is 13.2 Å². The number of carbonyl (C=O) groups excluding carboxylic acids is 2. The van der Waals surface area contributed by atoms with Crippen LogP contribution in [0.5, 0.6) is 0 Å². The first kappa shape index (κ1) is 49.3. The van der Waals surface area contributed by atoms with Gasteiger partial charge in [0.15, 0.2) is 13.1 Å². The molecule has 288 valence electrons. The van der Waals surface area contributed by atoms with Crippen molar-refractivity contribution >= 4 is 11.9 Å². The van der Waals surface area contributed by atoms with E-state index in [4.69, 9.17) is 9.47 Å². The first-order valence-corrected chi connectivity index (χ1v) is 21.0. The maximum Gasteiger partial charge on any atom is 0.361 e. The monoisotopic (exact) mass is 702 g/mol. The van der Waals surface area contributed by atoms with Crippen LogP contribution in [0.4, 0.5) is 0 Å².